The molecule has 0 aliphatic rings. The SMILES string of the molecule is CCCCCCCCCCCCCCCCCCCCC(=O)O[C@H](COC(=O)CCCCCCCCCCCCCCCC(C)C)COP(=O)(O)OC[C@@H](O)COP(=O)(O)OC[C@@H](COC(=O)CCCCCCCCCCCCCCC)OC(=O)CCCCCCCCCCCCCCCC(C)C. The van der Waals surface area contributed by atoms with Gasteiger partial charge in [-0.25, -0.2) is 9.13 Å². The summed E-state index contributed by atoms with van der Waals surface area (Å²) < 4.78 is 68.9. The molecule has 0 fully saturated rings. The fourth-order valence-corrected chi connectivity index (χ4v) is 14.6. The van der Waals surface area contributed by atoms with Crippen LogP contribution < -0.4 is 0 Å². The first-order valence-corrected chi connectivity index (χ1v) is 46.5. The molecular weight excluding hydrogens is 1340 g/mol. The van der Waals surface area contributed by atoms with E-state index in [1.807, 2.05) is 0 Å². The van der Waals surface area contributed by atoms with E-state index in [0.29, 0.717) is 25.7 Å². The lowest BCUT2D eigenvalue weighted by atomic mass is 10.0. The molecule has 0 amide bonds. The molecule has 0 bridgehead atoms. The number of phosphoric acid groups is 2. The normalized spacial score (nSPS) is 13.9. The molecule has 17 nitrogen and oxygen atoms in total. The predicted octanol–water partition coefficient (Wildman–Crippen LogP) is 25.5. The minimum Gasteiger partial charge on any atom is -0.462 e. The smallest absolute Gasteiger partial charge is 0.462 e. The molecule has 0 heterocycles. The molecule has 0 radical (unpaired) electrons. The molecule has 0 aliphatic heterocycles. The van der Waals surface area contributed by atoms with Crippen LogP contribution in [0.4, 0.5) is 0 Å². The highest BCUT2D eigenvalue weighted by atomic mass is 31.2. The van der Waals surface area contributed by atoms with Crippen LogP contribution in [-0.4, -0.2) is 96.7 Å². The quantitative estimate of drug-likeness (QED) is 0.0222. The van der Waals surface area contributed by atoms with Crippen LogP contribution in [0.5, 0.6) is 0 Å². The van der Waals surface area contributed by atoms with Crippen molar-refractivity contribution in [2.24, 2.45) is 11.8 Å². The van der Waals surface area contributed by atoms with Crippen LogP contribution in [-0.2, 0) is 65.4 Å². The van der Waals surface area contributed by atoms with Crippen molar-refractivity contribution in [3.63, 3.8) is 0 Å². The molecular formula is C84H164O17P2. The Kier molecular flexibility index (Phi) is 74.1. The van der Waals surface area contributed by atoms with Crippen LogP contribution in [0.3, 0.4) is 0 Å². The number of unbranched alkanes of at least 4 members (excludes halogenated alkanes) is 53. The van der Waals surface area contributed by atoms with Crippen molar-refractivity contribution in [1.82, 2.24) is 0 Å². The highest BCUT2D eigenvalue weighted by molar-refractivity contribution is 7.47. The van der Waals surface area contributed by atoms with Gasteiger partial charge in [-0.2, -0.15) is 0 Å². The Balaban J connectivity index is 5.27. The van der Waals surface area contributed by atoms with Crippen LogP contribution in [0, 0.1) is 11.8 Å². The molecule has 0 aromatic carbocycles. The van der Waals surface area contributed by atoms with Gasteiger partial charge in [0, 0.05) is 25.7 Å². The first kappa shape index (κ1) is 101. The summed E-state index contributed by atoms with van der Waals surface area (Å²) in [6.07, 6.45) is 66.4. The van der Waals surface area contributed by atoms with Gasteiger partial charge in [-0.05, 0) is 37.5 Å². The average Bonchev–Trinajstić information content (AvgIpc) is 0.919. The highest BCUT2D eigenvalue weighted by Crippen LogP contribution is 2.45. The lowest BCUT2D eigenvalue weighted by Gasteiger charge is -2.21. The number of aliphatic hydroxyl groups is 1. The maximum Gasteiger partial charge on any atom is 0.472 e. The van der Waals surface area contributed by atoms with E-state index in [0.717, 1.165) is 102 Å². The first-order chi connectivity index (χ1) is 49.9. The molecule has 0 saturated carbocycles. The Labute approximate surface area is 632 Å². The lowest BCUT2D eigenvalue weighted by molar-refractivity contribution is -0.161. The number of rotatable bonds is 83. The van der Waals surface area contributed by atoms with E-state index in [-0.39, 0.29) is 25.7 Å². The van der Waals surface area contributed by atoms with Crippen molar-refractivity contribution >= 4 is 39.5 Å². The Morgan fingerprint density at radius 2 is 0.447 bits per heavy atom. The van der Waals surface area contributed by atoms with Gasteiger partial charge in [0.15, 0.2) is 12.2 Å². The van der Waals surface area contributed by atoms with Crippen LogP contribution in [0.1, 0.15) is 446 Å². The number of hydrogen-bond donors (Lipinski definition) is 3. The molecule has 612 valence electrons. The number of carbonyl (C=O) groups is 4. The summed E-state index contributed by atoms with van der Waals surface area (Å²) in [5, 5.41) is 10.7. The second kappa shape index (κ2) is 75.5. The van der Waals surface area contributed by atoms with Crippen molar-refractivity contribution in [2.75, 3.05) is 39.6 Å². The van der Waals surface area contributed by atoms with Gasteiger partial charge in [0.05, 0.1) is 26.4 Å². The third kappa shape index (κ3) is 78.0. The molecule has 2 unspecified atom stereocenters. The molecule has 5 atom stereocenters. The predicted molar refractivity (Wildman–Crippen MR) is 423 cm³/mol. The summed E-state index contributed by atoms with van der Waals surface area (Å²) >= 11 is 0. The third-order valence-corrected chi connectivity index (χ3v) is 21.6. The van der Waals surface area contributed by atoms with E-state index in [9.17, 15) is 43.2 Å². The van der Waals surface area contributed by atoms with Crippen molar-refractivity contribution in [3.8, 4) is 0 Å². The van der Waals surface area contributed by atoms with Gasteiger partial charge < -0.3 is 33.8 Å². The number of ether oxygens (including phenoxy) is 4. The molecule has 103 heavy (non-hydrogen) atoms. The van der Waals surface area contributed by atoms with Crippen LogP contribution in [0.25, 0.3) is 0 Å². The Morgan fingerprint density at radius 3 is 0.660 bits per heavy atom. The van der Waals surface area contributed by atoms with E-state index < -0.39 is 97.5 Å². The van der Waals surface area contributed by atoms with Crippen LogP contribution >= 0.6 is 15.6 Å². The largest absolute Gasteiger partial charge is 0.472 e. The average molecular weight is 1510 g/mol. The van der Waals surface area contributed by atoms with Gasteiger partial charge >= 0.3 is 39.5 Å². The minimum atomic E-state index is -4.96. The van der Waals surface area contributed by atoms with Gasteiger partial charge in [0.1, 0.15) is 19.3 Å². The fraction of sp³-hybridized carbons (Fsp3) is 0.952. The second-order valence-corrected chi connectivity index (χ2v) is 34.1. The summed E-state index contributed by atoms with van der Waals surface area (Å²) in [4.78, 5) is 73.2. The van der Waals surface area contributed by atoms with E-state index in [1.165, 1.54) is 263 Å². The molecule has 0 rings (SSSR count). The summed E-state index contributed by atoms with van der Waals surface area (Å²) in [5.74, 6) is -0.524. The summed E-state index contributed by atoms with van der Waals surface area (Å²) in [7, 11) is -9.93. The number of aliphatic hydroxyl groups excluding tert-OH is 1. The van der Waals surface area contributed by atoms with Crippen molar-refractivity contribution in [3.05, 3.63) is 0 Å². The van der Waals surface area contributed by atoms with Crippen LogP contribution in [0.2, 0.25) is 0 Å². The molecule has 0 aliphatic carbocycles. The topological polar surface area (TPSA) is 237 Å². The van der Waals surface area contributed by atoms with E-state index in [1.54, 1.807) is 0 Å². The number of hydrogen-bond acceptors (Lipinski definition) is 15. The van der Waals surface area contributed by atoms with Gasteiger partial charge in [0.2, 0.25) is 0 Å². The number of phosphoric ester groups is 2. The molecule has 0 aromatic heterocycles. The Morgan fingerprint density at radius 1 is 0.262 bits per heavy atom. The van der Waals surface area contributed by atoms with Crippen molar-refractivity contribution in [1.29, 1.82) is 0 Å². The number of carbonyl (C=O) groups excluding carboxylic acids is 4. The monoisotopic (exact) mass is 1510 g/mol. The summed E-state index contributed by atoms with van der Waals surface area (Å²) in [6, 6.07) is 0. The van der Waals surface area contributed by atoms with Gasteiger partial charge in [-0.1, -0.05) is 395 Å². The number of esters is 4. The lowest BCUT2D eigenvalue weighted by Crippen LogP contribution is -2.30. The van der Waals surface area contributed by atoms with Crippen LogP contribution in [0.15, 0.2) is 0 Å². The van der Waals surface area contributed by atoms with E-state index in [4.69, 9.17) is 37.0 Å². The highest BCUT2D eigenvalue weighted by Gasteiger charge is 2.30. The Bertz CT molecular complexity index is 1980. The zero-order valence-corrected chi connectivity index (χ0v) is 69.4. The van der Waals surface area contributed by atoms with Crippen molar-refractivity contribution < 1.29 is 80.2 Å². The summed E-state index contributed by atoms with van der Waals surface area (Å²) in [5.41, 5.74) is 0. The molecule has 0 saturated heterocycles. The molecule has 3 N–H and O–H groups in total. The summed E-state index contributed by atoms with van der Waals surface area (Å²) in [6.45, 7) is 9.70. The maximum absolute atomic E-state index is 13.1. The molecule has 0 spiro atoms. The van der Waals surface area contributed by atoms with Gasteiger partial charge in [0.25, 0.3) is 0 Å². The first-order valence-electron chi connectivity index (χ1n) is 43.5. The van der Waals surface area contributed by atoms with E-state index in [2.05, 4.69) is 41.5 Å². The van der Waals surface area contributed by atoms with E-state index >= 15 is 0 Å². The molecule has 0 aromatic rings. The second-order valence-electron chi connectivity index (χ2n) is 31.2. The van der Waals surface area contributed by atoms with Gasteiger partial charge in [-0.15, -0.1) is 0 Å². The molecule has 19 heteroatoms. The maximum atomic E-state index is 13.1. The van der Waals surface area contributed by atoms with Crippen molar-refractivity contribution in [2.45, 2.75) is 464 Å². The zero-order valence-electron chi connectivity index (χ0n) is 67.6. The fourth-order valence-electron chi connectivity index (χ4n) is 13.1. The minimum absolute atomic E-state index is 0.108. The standard InChI is InChI=1S/C84H164O17P2/c1-7-9-11-13-15-17-19-21-22-23-24-25-31-38-44-50-56-62-68-83(88)100-80(73-95-82(87)67-61-55-49-43-37-32-26-29-34-40-46-52-58-64-76(3)4)75-99-103(92,93)97-71-78(85)70-96-102(90,91)98-74-79(72-94-81(86)66-60-54-48-42-36-28-20-18-16-14-12-10-8-2)101-84(89)69-63-57-51-45-39-33-27-30-35-41-47-53-59-65-77(5)6/h76-80,85H,7-75H2,1-6H3,(H,90,91)(H,92,93)/t78-,79+,80+/m0/s1. The zero-order chi connectivity index (χ0) is 75.6. The van der Waals surface area contributed by atoms with Gasteiger partial charge in [-0.3, -0.25) is 37.3 Å². The third-order valence-electron chi connectivity index (χ3n) is 19.7. The Hall–Kier alpha value is -1.94.